The molecule has 0 spiro atoms. The normalized spacial score (nSPS) is 15.1. The average molecular weight is 375 g/mol. The second-order valence-electron chi connectivity index (χ2n) is 12.5. The van der Waals surface area contributed by atoms with E-state index in [9.17, 15) is 5.11 Å². The molecule has 0 saturated heterocycles. The first-order valence-corrected chi connectivity index (χ1v) is 10.8. The van der Waals surface area contributed by atoms with Crippen LogP contribution in [0, 0.1) is 10.8 Å². The molecular weight excluding hydrogens is 328 g/mol. The maximum absolute atomic E-state index is 11.4. The van der Waals surface area contributed by atoms with Crippen molar-refractivity contribution in [3.8, 4) is 5.75 Å². The Balaban J connectivity index is 3.66. The lowest BCUT2D eigenvalue weighted by Crippen LogP contribution is -2.28. The molecule has 1 aromatic carbocycles. The van der Waals surface area contributed by atoms with Crippen LogP contribution < -0.4 is 0 Å². The Hall–Kier alpha value is -0.980. The fourth-order valence-corrected chi connectivity index (χ4v) is 5.05. The third-order valence-electron chi connectivity index (χ3n) is 5.72. The molecule has 0 aliphatic carbocycles. The van der Waals surface area contributed by atoms with E-state index in [-0.39, 0.29) is 21.7 Å². The van der Waals surface area contributed by atoms with Crippen LogP contribution in [0.25, 0.3) is 0 Å². The van der Waals surface area contributed by atoms with Gasteiger partial charge in [-0.05, 0) is 52.4 Å². The van der Waals surface area contributed by atoms with Gasteiger partial charge in [0.1, 0.15) is 5.75 Å². The summed E-state index contributed by atoms with van der Waals surface area (Å²) in [6.45, 7) is 27.4. The summed E-state index contributed by atoms with van der Waals surface area (Å²) in [6, 6.07) is 4.57. The number of hydrogen-bond acceptors (Lipinski definition) is 1. The molecule has 1 atom stereocenters. The van der Waals surface area contributed by atoms with Gasteiger partial charge in [0.2, 0.25) is 0 Å². The van der Waals surface area contributed by atoms with Crippen molar-refractivity contribution in [3.05, 3.63) is 28.8 Å². The molecule has 1 rings (SSSR count). The van der Waals surface area contributed by atoms with E-state index >= 15 is 0 Å². The third kappa shape index (κ3) is 6.54. The highest BCUT2D eigenvalue weighted by Crippen LogP contribution is 2.47. The van der Waals surface area contributed by atoms with Gasteiger partial charge in [-0.2, -0.15) is 0 Å². The molecule has 0 fully saturated rings. The number of phenols is 1. The molecule has 156 valence electrons. The SMILES string of the molecule is CCC(C)c1cc(C(C)(C)CC(C)(C)C)c(O)c(C(C)(C)CC(C)(C)C)c1. The van der Waals surface area contributed by atoms with E-state index in [2.05, 4.69) is 95.2 Å². The summed E-state index contributed by atoms with van der Waals surface area (Å²) in [7, 11) is 0. The lowest BCUT2D eigenvalue weighted by atomic mass is 9.67. The summed E-state index contributed by atoms with van der Waals surface area (Å²) in [5, 5.41) is 11.4. The minimum Gasteiger partial charge on any atom is -0.507 e. The van der Waals surface area contributed by atoms with Crippen LogP contribution in [0.4, 0.5) is 0 Å². The largest absolute Gasteiger partial charge is 0.507 e. The van der Waals surface area contributed by atoms with Crippen molar-refractivity contribution in [3.63, 3.8) is 0 Å². The van der Waals surface area contributed by atoms with Gasteiger partial charge in [0.05, 0.1) is 0 Å². The Kier molecular flexibility index (Phi) is 6.95. The summed E-state index contributed by atoms with van der Waals surface area (Å²) in [6.07, 6.45) is 3.19. The van der Waals surface area contributed by atoms with Crippen molar-refractivity contribution in [2.75, 3.05) is 0 Å². The minimum atomic E-state index is -0.0711. The lowest BCUT2D eigenvalue weighted by molar-refractivity contribution is 0.267. The maximum Gasteiger partial charge on any atom is 0.123 e. The van der Waals surface area contributed by atoms with Gasteiger partial charge in [-0.1, -0.05) is 95.2 Å². The Bertz CT molecular complexity index is 586. The Morgan fingerprint density at radius 1 is 0.741 bits per heavy atom. The zero-order valence-corrected chi connectivity index (χ0v) is 20.3. The average Bonchev–Trinajstić information content (AvgIpc) is 2.41. The summed E-state index contributed by atoms with van der Waals surface area (Å²) in [5.41, 5.74) is 3.88. The molecule has 0 heterocycles. The van der Waals surface area contributed by atoms with Crippen LogP contribution in [-0.2, 0) is 10.8 Å². The topological polar surface area (TPSA) is 20.2 Å². The first kappa shape index (κ1) is 24.1. The van der Waals surface area contributed by atoms with Crippen molar-refractivity contribution in [2.45, 2.75) is 119 Å². The first-order chi connectivity index (χ1) is 11.9. The van der Waals surface area contributed by atoms with Crippen molar-refractivity contribution in [1.82, 2.24) is 0 Å². The molecule has 0 aromatic heterocycles. The molecule has 0 radical (unpaired) electrons. The molecular formula is C26H46O. The van der Waals surface area contributed by atoms with Gasteiger partial charge in [0, 0.05) is 11.1 Å². The molecule has 1 heteroatoms. The van der Waals surface area contributed by atoms with Crippen molar-refractivity contribution < 1.29 is 5.11 Å². The van der Waals surface area contributed by atoms with Gasteiger partial charge >= 0.3 is 0 Å². The fraction of sp³-hybridized carbons (Fsp3) is 0.769. The number of hydrogen-bond donors (Lipinski definition) is 1. The Labute approximate surface area is 170 Å². The second kappa shape index (κ2) is 7.80. The molecule has 0 aliphatic heterocycles. The minimum absolute atomic E-state index is 0.0711. The van der Waals surface area contributed by atoms with Gasteiger partial charge in [-0.25, -0.2) is 0 Å². The van der Waals surface area contributed by atoms with E-state index in [4.69, 9.17) is 0 Å². The van der Waals surface area contributed by atoms with Gasteiger partial charge in [0.25, 0.3) is 0 Å². The van der Waals surface area contributed by atoms with Crippen LogP contribution in [0.2, 0.25) is 0 Å². The lowest BCUT2D eigenvalue weighted by Gasteiger charge is -2.38. The van der Waals surface area contributed by atoms with Gasteiger partial charge in [0.15, 0.2) is 0 Å². The highest BCUT2D eigenvalue weighted by Gasteiger charge is 2.35. The van der Waals surface area contributed by atoms with Crippen LogP contribution in [-0.4, -0.2) is 5.11 Å². The zero-order chi connectivity index (χ0) is 21.4. The molecule has 1 N–H and O–H groups in total. The van der Waals surface area contributed by atoms with Crippen LogP contribution in [0.3, 0.4) is 0 Å². The molecule has 0 amide bonds. The standard InChI is InChI=1S/C26H46O/c1-13-18(2)19-14-20(25(9,10)16-23(3,4)5)22(27)21(15-19)26(11,12)17-24(6,7)8/h14-15,18,27H,13,16-17H2,1-12H3. The highest BCUT2D eigenvalue weighted by molar-refractivity contribution is 5.51. The Morgan fingerprint density at radius 2 is 1.07 bits per heavy atom. The van der Waals surface area contributed by atoms with Crippen LogP contribution in [0.15, 0.2) is 12.1 Å². The number of phenolic OH excluding ortho intramolecular Hbond substituents is 1. The summed E-state index contributed by atoms with van der Waals surface area (Å²) in [5.74, 6) is 1.02. The molecule has 27 heavy (non-hydrogen) atoms. The predicted octanol–water partition coefficient (Wildman–Crippen LogP) is 8.33. The molecule has 0 saturated carbocycles. The van der Waals surface area contributed by atoms with Crippen molar-refractivity contribution in [2.24, 2.45) is 10.8 Å². The smallest absolute Gasteiger partial charge is 0.123 e. The van der Waals surface area contributed by atoms with E-state index in [1.165, 1.54) is 5.56 Å². The maximum atomic E-state index is 11.4. The van der Waals surface area contributed by atoms with Crippen molar-refractivity contribution in [1.29, 1.82) is 0 Å². The van der Waals surface area contributed by atoms with Gasteiger partial charge in [-0.3, -0.25) is 0 Å². The second-order valence-corrected chi connectivity index (χ2v) is 12.5. The van der Waals surface area contributed by atoms with E-state index < -0.39 is 0 Å². The summed E-state index contributed by atoms with van der Waals surface area (Å²) >= 11 is 0. The molecule has 0 bridgehead atoms. The van der Waals surface area contributed by atoms with Crippen LogP contribution in [0.5, 0.6) is 5.75 Å². The number of benzene rings is 1. The van der Waals surface area contributed by atoms with Crippen LogP contribution >= 0.6 is 0 Å². The highest BCUT2D eigenvalue weighted by atomic mass is 16.3. The predicted molar refractivity (Wildman–Crippen MR) is 121 cm³/mol. The van der Waals surface area contributed by atoms with E-state index in [0.29, 0.717) is 11.7 Å². The monoisotopic (exact) mass is 374 g/mol. The fourth-order valence-electron chi connectivity index (χ4n) is 5.05. The molecule has 1 nitrogen and oxygen atoms in total. The van der Waals surface area contributed by atoms with E-state index in [1.54, 1.807) is 0 Å². The van der Waals surface area contributed by atoms with E-state index in [0.717, 1.165) is 30.4 Å². The van der Waals surface area contributed by atoms with E-state index in [1.807, 2.05) is 0 Å². The summed E-state index contributed by atoms with van der Waals surface area (Å²) < 4.78 is 0. The zero-order valence-electron chi connectivity index (χ0n) is 20.3. The van der Waals surface area contributed by atoms with Crippen molar-refractivity contribution >= 4 is 0 Å². The third-order valence-corrected chi connectivity index (χ3v) is 5.72. The summed E-state index contributed by atoms with van der Waals surface area (Å²) in [4.78, 5) is 0. The molecule has 1 unspecified atom stereocenters. The quantitative estimate of drug-likeness (QED) is 0.530. The van der Waals surface area contributed by atoms with Gasteiger partial charge in [-0.15, -0.1) is 0 Å². The van der Waals surface area contributed by atoms with Crippen LogP contribution in [0.1, 0.15) is 125 Å². The number of rotatable bonds is 6. The number of aromatic hydroxyl groups is 1. The molecule has 0 aliphatic rings. The van der Waals surface area contributed by atoms with Gasteiger partial charge < -0.3 is 5.11 Å². The first-order valence-electron chi connectivity index (χ1n) is 10.8. The Morgan fingerprint density at radius 3 is 1.33 bits per heavy atom. The molecule has 1 aromatic rings.